The second kappa shape index (κ2) is 6.05. The normalized spacial score (nSPS) is 12.2. The number of carboxylic acids is 1. The van der Waals surface area contributed by atoms with Gasteiger partial charge in [0.1, 0.15) is 5.75 Å². The van der Waals surface area contributed by atoms with E-state index in [4.69, 9.17) is 15.6 Å². The highest BCUT2D eigenvalue weighted by molar-refractivity contribution is 5.84. The molecular weight excluding hydrogens is 234 g/mol. The van der Waals surface area contributed by atoms with Gasteiger partial charge < -0.3 is 15.6 Å². The summed E-state index contributed by atoms with van der Waals surface area (Å²) in [4.78, 5) is 21.9. The second-order valence-corrected chi connectivity index (χ2v) is 4.30. The van der Waals surface area contributed by atoms with E-state index in [1.165, 1.54) is 0 Å². The minimum atomic E-state index is -1.06. The van der Waals surface area contributed by atoms with Gasteiger partial charge in [-0.15, -0.1) is 0 Å². The van der Waals surface area contributed by atoms with E-state index in [1.54, 1.807) is 24.3 Å². The van der Waals surface area contributed by atoms with Gasteiger partial charge in [0.15, 0.2) is 0 Å². The molecule has 0 saturated heterocycles. The fourth-order valence-electron chi connectivity index (χ4n) is 1.60. The molecule has 0 fully saturated rings. The largest absolute Gasteiger partial charge is 0.491 e. The van der Waals surface area contributed by atoms with Crippen molar-refractivity contribution in [2.24, 2.45) is 5.73 Å². The summed E-state index contributed by atoms with van der Waals surface area (Å²) in [5, 5.41) is 9.05. The van der Waals surface area contributed by atoms with Crippen molar-refractivity contribution in [1.29, 1.82) is 0 Å². The minimum absolute atomic E-state index is 0.0525. The Kier molecular flexibility index (Phi) is 4.71. The molecule has 18 heavy (non-hydrogen) atoms. The monoisotopic (exact) mass is 251 g/mol. The van der Waals surface area contributed by atoms with E-state index in [2.05, 4.69) is 0 Å². The van der Waals surface area contributed by atoms with Gasteiger partial charge in [-0.2, -0.15) is 0 Å². The van der Waals surface area contributed by atoms with Crippen LogP contribution < -0.4 is 10.5 Å². The standard InChI is InChI=1S/C13H17NO4/c1-8(2)18-10-5-3-9(4-6-10)11(13(16)17)7-12(14)15/h3-6,8,11H,7H2,1-2H3,(H2,14,15)(H,16,17). The van der Waals surface area contributed by atoms with Crippen LogP contribution in [0.5, 0.6) is 5.75 Å². The molecule has 5 nitrogen and oxygen atoms in total. The lowest BCUT2D eigenvalue weighted by atomic mass is 9.95. The third-order valence-corrected chi connectivity index (χ3v) is 2.36. The summed E-state index contributed by atoms with van der Waals surface area (Å²) in [6.45, 7) is 3.81. The Bertz CT molecular complexity index is 425. The Morgan fingerprint density at radius 1 is 1.28 bits per heavy atom. The zero-order valence-electron chi connectivity index (χ0n) is 10.4. The Balaban J connectivity index is 2.86. The molecule has 0 spiro atoms. The molecule has 3 N–H and O–H groups in total. The molecule has 1 aromatic carbocycles. The molecule has 0 heterocycles. The van der Waals surface area contributed by atoms with Crippen molar-refractivity contribution in [3.05, 3.63) is 29.8 Å². The SMILES string of the molecule is CC(C)Oc1ccc(C(CC(N)=O)C(=O)O)cc1. The third-order valence-electron chi connectivity index (χ3n) is 2.36. The quantitative estimate of drug-likeness (QED) is 0.802. The molecule has 1 rings (SSSR count). The first-order valence-corrected chi connectivity index (χ1v) is 5.68. The Morgan fingerprint density at radius 3 is 2.22 bits per heavy atom. The van der Waals surface area contributed by atoms with Crippen molar-refractivity contribution >= 4 is 11.9 Å². The van der Waals surface area contributed by atoms with E-state index < -0.39 is 17.8 Å². The number of carbonyl (C=O) groups excluding carboxylic acids is 1. The van der Waals surface area contributed by atoms with E-state index in [1.807, 2.05) is 13.8 Å². The number of nitrogens with two attached hydrogens (primary N) is 1. The highest BCUT2D eigenvalue weighted by Crippen LogP contribution is 2.23. The predicted octanol–water partition coefficient (Wildman–Crippen LogP) is 1.52. The van der Waals surface area contributed by atoms with Gasteiger partial charge in [0.2, 0.25) is 5.91 Å². The van der Waals surface area contributed by atoms with Gasteiger partial charge in [-0.25, -0.2) is 0 Å². The van der Waals surface area contributed by atoms with E-state index in [0.29, 0.717) is 11.3 Å². The zero-order chi connectivity index (χ0) is 13.7. The lowest BCUT2D eigenvalue weighted by Crippen LogP contribution is -2.20. The topological polar surface area (TPSA) is 89.6 Å². The van der Waals surface area contributed by atoms with E-state index in [9.17, 15) is 9.59 Å². The summed E-state index contributed by atoms with van der Waals surface area (Å²) < 4.78 is 5.45. The van der Waals surface area contributed by atoms with Crippen LogP contribution in [0.15, 0.2) is 24.3 Å². The zero-order valence-corrected chi connectivity index (χ0v) is 10.4. The van der Waals surface area contributed by atoms with Crippen molar-refractivity contribution in [1.82, 2.24) is 0 Å². The number of amides is 1. The molecule has 1 unspecified atom stereocenters. The maximum absolute atomic E-state index is 11.1. The van der Waals surface area contributed by atoms with Crippen LogP contribution in [0.3, 0.4) is 0 Å². The van der Waals surface area contributed by atoms with Crippen molar-refractivity contribution in [3.8, 4) is 5.75 Å². The summed E-state index contributed by atoms with van der Waals surface area (Å²) in [7, 11) is 0. The molecule has 5 heteroatoms. The first-order valence-electron chi connectivity index (χ1n) is 5.68. The fourth-order valence-corrected chi connectivity index (χ4v) is 1.60. The van der Waals surface area contributed by atoms with Gasteiger partial charge in [0.25, 0.3) is 0 Å². The lowest BCUT2D eigenvalue weighted by Gasteiger charge is -2.13. The number of hydrogen-bond donors (Lipinski definition) is 2. The summed E-state index contributed by atoms with van der Waals surface area (Å²) >= 11 is 0. The molecule has 1 atom stereocenters. The fraction of sp³-hybridized carbons (Fsp3) is 0.385. The maximum Gasteiger partial charge on any atom is 0.311 e. The van der Waals surface area contributed by atoms with Crippen molar-refractivity contribution in [2.45, 2.75) is 32.3 Å². The van der Waals surface area contributed by atoms with E-state index in [-0.39, 0.29) is 12.5 Å². The van der Waals surface area contributed by atoms with Crippen LogP contribution in [-0.2, 0) is 9.59 Å². The summed E-state index contributed by atoms with van der Waals surface area (Å²) in [5.74, 6) is -1.94. The first-order chi connectivity index (χ1) is 8.40. The molecule has 0 aromatic heterocycles. The molecule has 0 aliphatic carbocycles. The number of primary amides is 1. The molecular formula is C13H17NO4. The van der Waals surface area contributed by atoms with Gasteiger partial charge in [-0.3, -0.25) is 9.59 Å². The van der Waals surface area contributed by atoms with E-state index in [0.717, 1.165) is 0 Å². The van der Waals surface area contributed by atoms with Crippen LogP contribution in [0.4, 0.5) is 0 Å². The average molecular weight is 251 g/mol. The summed E-state index contributed by atoms with van der Waals surface area (Å²) in [6, 6.07) is 6.65. The van der Waals surface area contributed by atoms with Crippen LogP contribution in [0, 0.1) is 0 Å². The second-order valence-electron chi connectivity index (χ2n) is 4.30. The number of rotatable bonds is 6. The van der Waals surface area contributed by atoms with Crippen LogP contribution in [0.1, 0.15) is 31.7 Å². The molecule has 98 valence electrons. The minimum Gasteiger partial charge on any atom is -0.491 e. The van der Waals surface area contributed by atoms with Gasteiger partial charge in [-0.05, 0) is 31.5 Å². The molecule has 1 amide bonds. The number of aliphatic carboxylic acids is 1. The van der Waals surface area contributed by atoms with Crippen LogP contribution in [0.2, 0.25) is 0 Å². The first kappa shape index (κ1) is 14.0. The number of hydrogen-bond acceptors (Lipinski definition) is 3. The maximum atomic E-state index is 11.1. The molecule has 0 aliphatic heterocycles. The van der Waals surface area contributed by atoms with Gasteiger partial charge >= 0.3 is 5.97 Å². The number of carboxylic acid groups (broad SMARTS) is 1. The predicted molar refractivity (Wildman–Crippen MR) is 66.4 cm³/mol. The molecule has 0 aliphatic rings. The molecule has 0 radical (unpaired) electrons. The van der Waals surface area contributed by atoms with Crippen molar-refractivity contribution in [2.75, 3.05) is 0 Å². The summed E-state index contributed by atoms with van der Waals surface area (Å²) in [6.07, 6.45) is -0.156. The smallest absolute Gasteiger partial charge is 0.311 e. The van der Waals surface area contributed by atoms with Gasteiger partial charge in [0.05, 0.1) is 12.0 Å². The average Bonchev–Trinajstić information content (AvgIpc) is 2.26. The van der Waals surface area contributed by atoms with E-state index >= 15 is 0 Å². The Morgan fingerprint density at radius 2 is 1.83 bits per heavy atom. The summed E-state index contributed by atoms with van der Waals surface area (Å²) in [5.41, 5.74) is 5.58. The molecule has 0 saturated carbocycles. The van der Waals surface area contributed by atoms with Crippen molar-refractivity contribution < 1.29 is 19.4 Å². The lowest BCUT2D eigenvalue weighted by molar-refractivity contribution is -0.140. The highest BCUT2D eigenvalue weighted by Gasteiger charge is 2.22. The Labute approximate surface area is 106 Å². The third kappa shape index (κ3) is 4.08. The van der Waals surface area contributed by atoms with Crippen LogP contribution in [-0.4, -0.2) is 23.1 Å². The van der Waals surface area contributed by atoms with Gasteiger partial charge in [0, 0.05) is 6.42 Å². The Hall–Kier alpha value is -2.04. The number of benzene rings is 1. The molecule has 1 aromatic rings. The van der Waals surface area contributed by atoms with Gasteiger partial charge in [-0.1, -0.05) is 12.1 Å². The van der Waals surface area contributed by atoms with Crippen LogP contribution in [0.25, 0.3) is 0 Å². The number of ether oxygens (including phenoxy) is 1. The molecule has 0 bridgehead atoms. The number of carbonyl (C=O) groups is 2. The van der Waals surface area contributed by atoms with Crippen molar-refractivity contribution in [3.63, 3.8) is 0 Å². The highest BCUT2D eigenvalue weighted by atomic mass is 16.5. The van der Waals surface area contributed by atoms with Crippen LogP contribution >= 0.6 is 0 Å².